The Bertz CT molecular complexity index is 976. The number of hydrogen-bond acceptors (Lipinski definition) is 5. The van der Waals surface area contributed by atoms with Crippen molar-refractivity contribution in [1.82, 2.24) is 14.8 Å². The summed E-state index contributed by atoms with van der Waals surface area (Å²) >= 11 is 13.8. The van der Waals surface area contributed by atoms with E-state index >= 15 is 0 Å². The van der Waals surface area contributed by atoms with Crippen molar-refractivity contribution in [3.05, 3.63) is 59.1 Å². The monoisotopic (exact) mass is 421 g/mol. The molecule has 3 rings (SSSR count). The number of halogens is 2. The predicted molar refractivity (Wildman–Crippen MR) is 111 cm³/mol. The van der Waals surface area contributed by atoms with Crippen molar-refractivity contribution >= 4 is 35.0 Å². The summed E-state index contributed by atoms with van der Waals surface area (Å²) in [6.07, 6.45) is 1.81. The molecule has 1 heterocycles. The van der Waals surface area contributed by atoms with E-state index in [1.165, 1.54) is 11.8 Å². The van der Waals surface area contributed by atoms with E-state index in [1.807, 2.05) is 34.9 Å². The Morgan fingerprint density at radius 3 is 2.48 bits per heavy atom. The molecular weight excluding hydrogens is 405 g/mol. The fraction of sp³-hybridized carbons (Fsp3) is 0.158. The molecule has 2 aromatic carbocycles. The Balaban J connectivity index is 2.17. The molecule has 0 saturated heterocycles. The van der Waals surface area contributed by atoms with Gasteiger partial charge in [-0.05, 0) is 36.4 Å². The predicted octanol–water partition coefficient (Wildman–Crippen LogP) is 5.54. The van der Waals surface area contributed by atoms with Crippen LogP contribution in [0.25, 0.3) is 17.1 Å². The first kappa shape index (κ1) is 19.6. The van der Waals surface area contributed by atoms with Gasteiger partial charge in [-0.2, -0.15) is 0 Å². The average Bonchev–Trinajstić information content (AvgIpc) is 3.11. The van der Waals surface area contributed by atoms with Crippen molar-refractivity contribution in [1.29, 1.82) is 0 Å². The number of benzene rings is 2. The highest BCUT2D eigenvalue weighted by molar-refractivity contribution is 7.99. The summed E-state index contributed by atoms with van der Waals surface area (Å²) in [6, 6.07) is 11.0. The fourth-order valence-corrected chi connectivity index (χ4v) is 3.49. The van der Waals surface area contributed by atoms with E-state index in [0.717, 1.165) is 16.4 Å². The van der Waals surface area contributed by atoms with Gasteiger partial charge < -0.3 is 9.47 Å². The lowest BCUT2D eigenvalue weighted by molar-refractivity contribution is 0.355. The molecule has 0 atom stereocenters. The van der Waals surface area contributed by atoms with E-state index in [-0.39, 0.29) is 0 Å². The molecule has 0 amide bonds. The molecule has 8 heteroatoms. The van der Waals surface area contributed by atoms with Gasteiger partial charge in [-0.3, -0.25) is 4.57 Å². The Morgan fingerprint density at radius 1 is 1.04 bits per heavy atom. The minimum absolute atomic E-state index is 0.459. The summed E-state index contributed by atoms with van der Waals surface area (Å²) in [6.45, 7) is 3.76. The van der Waals surface area contributed by atoms with Crippen LogP contribution in [0.15, 0.2) is 54.2 Å². The molecule has 0 saturated carbocycles. The number of nitrogens with zero attached hydrogens (tertiary/aromatic N) is 3. The second kappa shape index (κ2) is 8.69. The van der Waals surface area contributed by atoms with Crippen LogP contribution in [-0.2, 0) is 0 Å². The zero-order chi connectivity index (χ0) is 19.4. The Kier molecular flexibility index (Phi) is 6.31. The first-order chi connectivity index (χ1) is 13.1. The van der Waals surface area contributed by atoms with Gasteiger partial charge in [-0.25, -0.2) is 0 Å². The molecular formula is C19H17Cl2N3O2S. The third-order valence-electron chi connectivity index (χ3n) is 3.77. The van der Waals surface area contributed by atoms with Gasteiger partial charge in [0, 0.05) is 11.3 Å². The highest BCUT2D eigenvalue weighted by atomic mass is 35.5. The summed E-state index contributed by atoms with van der Waals surface area (Å²) in [5.41, 5.74) is 1.64. The standard InChI is InChI=1S/C19H17Cl2N3O2S/c1-4-9-27-19-23-22-18(12-5-8-16(25-2)17(10-12)26-3)24(19)13-6-7-14(20)15(21)11-13/h4-8,10-11H,1,9H2,2-3H3. The van der Waals surface area contributed by atoms with Crippen LogP contribution in [0, 0.1) is 0 Å². The number of hydrogen-bond donors (Lipinski definition) is 0. The molecule has 1 aromatic heterocycles. The summed E-state index contributed by atoms with van der Waals surface area (Å²) in [7, 11) is 3.19. The summed E-state index contributed by atoms with van der Waals surface area (Å²) in [4.78, 5) is 0. The number of methoxy groups -OCH3 is 2. The van der Waals surface area contributed by atoms with Crippen LogP contribution in [0.5, 0.6) is 11.5 Å². The topological polar surface area (TPSA) is 49.2 Å². The van der Waals surface area contributed by atoms with Gasteiger partial charge in [-0.1, -0.05) is 41.0 Å². The minimum Gasteiger partial charge on any atom is -0.493 e. The summed E-state index contributed by atoms with van der Waals surface area (Å²) in [5.74, 6) is 2.61. The van der Waals surface area contributed by atoms with Gasteiger partial charge >= 0.3 is 0 Å². The maximum absolute atomic E-state index is 6.23. The SMILES string of the molecule is C=CCSc1nnc(-c2ccc(OC)c(OC)c2)n1-c1ccc(Cl)c(Cl)c1. The average molecular weight is 422 g/mol. The van der Waals surface area contributed by atoms with E-state index in [2.05, 4.69) is 16.8 Å². The van der Waals surface area contributed by atoms with Gasteiger partial charge in [0.15, 0.2) is 22.5 Å². The van der Waals surface area contributed by atoms with Gasteiger partial charge in [0.2, 0.25) is 0 Å². The van der Waals surface area contributed by atoms with Crippen LogP contribution in [0.1, 0.15) is 0 Å². The van der Waals surface area contributed by atoms with E-state index in [1.54, 1.807) is 26.4 Å². The lowest BCUT2D eigenvalue weighted by atomic mass is 10.2. The van der Waals surface area contributed by atoms with Crippen molar-refractivity contribution in [3.63, 3.8) is 0 Å². The third-order valence-corrected chi connectivity index (χ3v) is 5.43. The molecule has 0 radical (unpaired) electrons. The van der Waals surface area contributed by atoms with Crippen molar-refractivity contribution in [2.24, 2.45) is 0 Å². The summed E-state index contributed by atoms with van der Waals surface area (Å²) in [5, 5.41) is 10.4. The van der Waals surface area contributed by atoms with E-state index in [4.69, 9.17) is 32.7 Å². The lowest BCUT2D eigenvalue weighted by Crippen LogP contribution is -2.00. The molecule has 5 nitrogen and oxygen atoms in total. The number of thioether (sulfide) groups is 1. The molecule has 27 heavy (non-hydrogen) atoms. The van der Waals surface area contributed by atoms with Crippen molar-refractivity contribution in [2.45, 2.75) is 5.16 Å². The molecule has 0 unspecified atom stereocenters. The highest BCUT2D eigenvalue weighted by Crippen LogP contribution is 2.35. The molecule has 0 aliphatic rings. The largest absolute Gasteiger partial charge is 0.493 e. The van der Waals surface area contributed by atoms with Gasteiger partial charge in [-0.15, -0.1) is 16.8 Å². The molecule has 0 spiro atoms. The van der Waals surface area contributed by atoms with Gasteiger partial charge in [0.05, 0.1) is 30.0 Å². The quantitative estimate of drug-likeness (QED) is 0.370. The number of rotatable bonds is 7. The van der Waals surface area contributed by atoms with Crippen LogP contribution in [0.2, 0.25) is 10.0 Å². The first-order valence-electron chi connectivity index (χ1n) is 7.96. The second-order valence-corrected chi connectivity index (χ2v) is 7.21. The zero-order valence-corrected chi connectivity index (χ0v) is 17.1. The normalized spacial score (nSPS) is 10.7. The molecule has 0 fully saturated rings. The first-order valence-corrected chi connectivity index (χ1v) is 9.70. The summed E-state index contributed by atoms with van der Waals surface area (Å²) < 4.78 is 12.7. The zero-order valence-electron chi connectivity index (χ0n) is 14.8. The molecule has 3 aromatic rings. The maximum Gasteiger partial charge on any atom is 0.196 e. The molecule has 0 N–H and O–H groups in total. The van der Waals surface area contributed by atoms with Gasteiger partial charge in [0.25, 0.3) is 0 Å². The van der Waals surface area contributed by atoms with Crippen molar-refractivity contribution in [3.8, 4) is 28.6 Å². The fourth-order valence-electron chi connectivity index (χ4n) is 2.52. The number of aromatic nitrogens is 3. The smallest absolute Gasteiger partial charge is 0.196 e. The maximum atomic E-state index is 6.23. The lowest BCUT2D eigenvalue weighted by Gasteiger charge is -2.13. The van der Waals surface area contributed by atoms with Crippen LogP contribution >= 0.6 is 35.0 Å². The minimum atomic E-state index is 0.459. The molecule has 0 aliphatic carbocycles. The molecule has 0 aliphatic heterocycles. The number of ether oxygens (including phenoxy) is 2. The van der Waals surface area contributed by atoms with Crippen molar-refractivity contribution < 1.29 is 9.47 Å². The Hall–Kier alpha value is -2.15. The van der Waals surface area contributed by atoms with Crippen LogP contribution in [0.4, 0.5) is 0 Å². The van der Waals surface area contributed by atoms with E-state index in [0.29, 0.717) is 33.1 Å². The molecule has 140 valence electrons. The highest BCUT2D eigenvalue weighted by Gasteiger charge is 2.18. The Labute approximate surface area is 171 Å². The third kappa shape index (κ3) is 4.08. The van der Waals surface area contributed by atoms with Crippen molar-refractivity contribution in [2.75, 3.05) is 20.0 Å². The molecule has 0 bridgehead atoms. The van der Waals surface area contributed by atoms with Crippen LogP contribution in [0.3, 0.4) is 0 Å². The Morgan fingerprint density at radius 2 is 1.81 bits per heavy atom. The van der Waals surface area contributed by atoms with E-state index < -0.39 is 0 Å². The van der Waals surface area contributed by atoms with Crippen LogP contribution < -0.4 is 9.47 Å². The van der Waals surface area contributed by atoms with Crippen LogP contribution in [-0.4, -0.2) is 34.7 Å². The van der Waals surface area contributed by atoms with E-state index in [9.17, 15) is 0 Å². The van der Waals surface area contributed by atoms with Gasteiger partial charge in [0.1, 0.15) is 0 Å². The second-order valence-electron chi connectivity index (χ2n) is 5.41.